The Balaban J connectivity index is 2.79. The lowest BCUT2D eigenvalue weighted by Gasteiger charge is -2.12. The van der Waals surface area contributed by atoms with Gasteiger partial charge in [0.15, 0.2) is 6.29 Å². The Morgan fingerprint density at radius 2 is 2.25 bits per heavy atom. The summed E-state index contributed by atoms with van der Waals surface area (Å²) in [7, 11) is 0. The second kappa shape index (κ2) is 4.06. The highest BCUT2D eigenvalue weighted by Gasteiger charge is 2.13. The van der Waals surface area contributed by atoms with Gasteiger partial charge in [-0.3, -0.25) is 4.79 Å². The number of nitrogens with zero attached hydrogens (tertiary/aromatic N) is 2. The van der Waals surface area contributed by atoms with E-state index in [2.05, 4.69) is 18.9 Å². The molecule has 4 heteroatoms. The van der Waals surface area contributed by atoms with Gasteiger partial charge >= 0.3 is 0 Å². The maximum Gasteiger partial charge on any atom is 0.168 e. The third-order valence-electron chi connectivity index (χ3n) is 2.70. The van der Waals surface area contributed by atoms with E-state index in [0.717, 1.165) is 22.9 Å². The summed E-state index contributed by atoms with van der Waals surface area (Å²) < 4.78 is 1.61. The van der Waals surface area contributed by atoms with Crippen LogP contribution < -0.4 is 0 Å². The van der Waals surface area contributed by atoms with Crippen molar-refractivity contribution in [2.75, 3.05) is 0 Å². The molecule has 0 bridgehead atoms. The van der Waals surface area contributed by atoms with Crippen molar-refractivity contribution in [1.29, 1.82) is 0 Å². The van der Waals surface area contributed by atoms with Gasteiger partial charge in [-0.15, -0.1) is 0 Å². The average Bonchev–Trinajstić information content (AvgIpc) is 2.69. The maximum absolute atomic E-state index is 10.8. The van der Waals surface area contributed by atoms with E-state index in [1.54, 1.807) is 16.8 Å². The molecule has 0 saturated carbocycles. The summed E-state index contributed by atoms with van der Waals surface area (Å²) in [4.78, 5) is 10.8. The van der Waals surface area contributed by atoms with Crippen molar-refractivity contribution in [3.8, 4) is 0 Å². The summed E-state index contributed by atoms with van der Waals surface area (Å²) in [5.74, 6) is 0.280. The first-order valence-electron chi connectivity index (χ1n) is 5.24. The lowest BCUT2D eigenvalue weighted by molar-refractivity contribution is 0.111. The summed E-state index contributed by atoms with van der Waals surface area (Å²) >= 11 is 0. The molecule has 0 spiro atoms. The van der Waals surface area contributed by atoms with Crippen LogP contribution >= 0.6 is 0 Å². The molecule has 0 aromatic carbocycles. The number of aldehydes is 1. The summed E-state index contributed by atoms with van der Waals surface area (Å²) in [6.07, 6.45) is 2.40. The normalized spacial score (nSPS) is 11.2. The minimum Gasteiger partial charge on any atom is -0.392 e. The molecule has 0 radical (unpaired) electrons. The zero-order valence-corrected chi connectivity index (χ0v) is 9.34. The van der Waals surface area contributed by atoms with E-state index in [0.29, 0.717) is 5.69 Å². The molecule has 2 aromatic rings. The number of aliphatic hydroxyl groups excluding tert-OH is 1. The van der Waals surface area contributed by atoms with Gasteiger partial charge < -0.3 is 5.11 Å². The van der Waals surface area contributed by atoms with Crippen LogP contribution in [-0.2, 0) is 6.61 Å². The molecule has 2 rings (SSSR count). The highest BCUT2D eigenvalue weighted by atomic mass is 16.3. The van der Waals surface area contributed by atoms with Crippen molar-refractivity contribution in [3.63, 3.8) is 0 Å². The van der Waals surface area contributed by atoms with Crippen LogP contribution in [0.4, 0.5) is 0 Å². The molecule has 0 unspecified atom stereocenters. The maximum atomic E-state index is 10.8. The molecule has 0 saturated heterocycles. The molecule has 2 aromatic heterocycles. The zero-order chi connectivity index (χ0) is 11.7. The third kappa shape index (κ3) is 1.51. The van der Waals surface area contributed by atoms with E-state index in [1.807, 2.05) is 6.07 Å². The number of hydrogen-bond acceptors (Lipinski definition) is 3. The van der Waals surface area contributed by atoms with Crippen LogP contribution in [0.25, 0.3) is 5.52 Å². The summed E-state index contributed by atoms with van der Waals surface area (Å²) in [5.41, 5.74) is 3.29. The fourth-order valence-corrected chi connectivity index (χ4v) is 2.02. The average molecular weight is 218 g/mol. The van der Waals surface area contributed by atoms with Gasteiger partial charge in [0.25, 0.3) is 0 Å². The number of aliphatic hydroxyl groups is 1. The van der Waals surface area contributed by atoms with Gasteiger partial charge in [0, 0.05) is 5.56 Å². The highest BCUT2D eigenvalue weighted by Crippen LogP contribution is 2.25. The van der Waals surface area contributed by atoms with Gasteiger partial charge in [-0.05, 0) is 23.6 Å². The molecule has 0 aliphatic heterocycles. The first kappa shape index (κ1) is 10.8. The summed E-state index contributed by atoms with van der Waals surface area (Å²) in [6.45, 7) is 4.09. The molecular weight excluding hydrogens is 204 g/mol. The Morgan fingerprint density at radius 1 is 1.50 bits per heavy atom. The summed E-state index contributed by atoms with van der Waals surface area (Å²) in [5, 5.41) is 13.4. The SMILES string of the molecule is CC(C)c1c(CO)cnn2c(C=O)ccc12. The Bertz CT molecular complexity index is 529. The van der Waals surface area contributed by atoms with Gasteiger partial charge in [-0.2, -0.15) is 5.10 Å². The minimum atomic E-state index is -0.0292. The third-order valence-corrected chi connectivity index (χ3v) is 2.70. The number of carbonyl (C=O) groups excluding carboxylic acids is 1. The van der Waals surface area contributed by atoms with Crippen molar-refractivity contribution in [3.05, 3.63) is 35.2 Å². The van der Waals surface area contributed by atoms with Gasteiger partial charge in [0.05, 0.1) is 18.3 Å². The first-order valence-corrected chi connectivity index (χ1v) is 5.24. The second-order valence-corrected chi connectivity index (χ2v) is 4.07. The number of fused-ring (bicyclic) bond motifs is 1. The standard InChI is InChI=1S/C12H14N2O2/c1-8(2)12-9(6-15)5-13-14-10(7-16)3-4-11(12)14/h3-5,7-8,15H,6H2,1-2H3. The van der Waals surface area contributed by atoms with Crippen LogP contribution in [0.1, 0.15) is 41.4 Å². The molecule has 0 fully saturated rings. The van der Waals surface area contributed by atoms with Crippen molar-refractivity contribution in [1.82, 2.24) is 9.61 Å². The number of aromatic nitrogens is 2. The number of rotatable bonds is 3. The van der Waals surface area contributed by atoms with E-state index < -0.39 is 0 Å². The largest absolute Gasteiger partial charge is 0.392 e. The first-order chi connectivity index (χ1) is 7.69. The van der Waals surface area contributed by atoms with Crippen molar-refractivity contribution < 1.29 is 9.90 Å². The van der Waals surface area contributed by atoms with Crippen LogP contribution in [0.2, 0.25) is 0 Å². The van der Waals surface area contributed by atoms with Crippen LogP contribution in [0, 0.1) is 0 Å². The van der Waals surface area contributed by atoms with Crippen LogP contribution in [0.15, 0.2) is 18.3 Å². The van der Waals surface area contributed by atoms with Crippen LogP contribution in [-0.4, -0.2) is 21.0 Å². The molecule has 2 heterocycles. The molecular formula is C12H14N2O2. The monoisotopic (exact) mass is 218 g/mol. The fourth-order valence-electron chi connectivity index (χ4n) is 2.02. The quantitative estimate of drug-likeness (QED) is 0.799. The molecule has 0 amide bonds. The predicted octanol–water partition coefficient (Wildman–Crippen LogP) is 1.76. The van der Waals surface area contributed by atoms with Crippen molar-refractivity contribution in [2.45, 2.75) is 26.4 Å². The number of hydrogen-bond donors (Lipinski definition) is 1. The summed E-state index contributed by atoms with van der Waals surface area (Å²) in [6, 6.07) is 3.60. The van der Waals surface area contributed by atoms with Crippen LogP contribution in [0.5, 0.6) is 0 Å². The second-order valence-electron chi connectivity index (χ2n) is 4.07. The minimum absolute atomic E-state index is 0.0292. The smallest absolute Gasteiger partial charge is 0.168 e. The molecule has 0 aliphatic carbocycles. The molecule has 1 N–H and O–H groups in total. The Kier molecular flexibility index (Phi) is 2.75. The van der Waals surface area contributed by atoms with E-state index >= 15 is 0 Å². The van der Waals surface area contributed by atoms with E-state index in [-0.39, 0.29) is 12.5 Å². The van der Waals surface area contributed by atoms with Crippen molar-refractivity contribution >= 4 is 11.8 Å². The molecule has 16 heavy (non-hydrogen) atoms. The topological polar surface area (TPSA) is 54.6 Å². The van der Waals surface area contributed by atoms with E-state index in [1.165, 1.54) is 0 Å². The van der Waals surface area contributed by atoms with Gasteiger partial charge in [-0.25, -0.2) is 4.52 Å². The Labute approximate surface area is 93.5 Å². The van der Waals surface area contributed by atoms with E-state index in [4.69, 9.17) is 0 Å². The van der Waals surface area contributed by atoms with Gasteiger partial charge in [0.2, 0.25) is 0 Å². The van der Waals surface area contributed by atoms with Gasteiger partial charge in [0.1, 0.15) is 5.69 Å². The molecule has 0 atom stereocenters. The van der Waals surface area contributed by atoms with Crippen molar-refractivity contribution in [2.24, 2.45) is 0 Å². The van der Waals surface area contributed by atoms with E-state index in [9.17, 15) is 9.90 Å². The molecule has 84 valence electrons. The molecule has 0 aliphatic rings. The highest BCUT2D eigenvalue weighted by molar-refractivity contribution is 5.76. The van der Waals surface area contributed by atoms with Gasteiger partial charge in [-0.1, -0.05) is 13.8 Å². The Morgan fingerprint density at radius 3 is 2.81 bits per heavy atom. The molecule has 4 nitrogen and oxygen atoms in total. The predicted molar refractivity (Wildman–Crippen MR) is 60.6 cm³/mol. The lowest BCUT2D eigenvalue weighted by atomic mass is 9.99. The fraction of sp³-hybridized carbons (Fsp3) is 0.333. The zero-order valence-electron chi connectivity index (χ0n) is 9.34. The number of carbonyl (C=O) groups is 1. The van der Waals surface area contributed by atoms with Crippen LogP contribution in [0.3, 0.4) is 0 Å². The Hall–Kier alpha value is -1.68. The lowest BCUT2D eigenvalue weighted by Crippen LogP contribution is -2.05.